The van der Waals surface area contributed by atoms with E-state index in [2.05, 4.69) is 32.4 Å². The van der Waals surface area contributed by atoms with Crippen LogP contribution in [-0.4, -0.2) is 15.0 Å². The molecule has 2 heterocycles. The Hall–Kier alpha value is -2.49. The molecular formula is C15H14N4. The van der Waals surface area contributed by atoms with Gasteiger partial charge in [0.15, 0.2) is 0 Å². The van der Waals surface area contributed by atoms with E-state index in [0.717, 1.165) is 22.6 Å². The summed E-state index contributed by atoms with van der Waals surface area (Å²) in [5.74, 6) is 0.875. The molecule has 1 aromatic carbocycles. The number of rotatable bonds is 3. The Morgan fingerprint density at radius 1 is 1.00 bits per heavy atom. The number of pyridine rings is 1. The predicted molar refractivity (Wildman–Crippen MR) is 75.8 cm³/mol. The summed E-state index contributed by atoms with van der Waals surface area (Å²) in [6, 6.07) is 10.2. The van der Waals surface area contributed by atoms with Gasteiger partial charge in [-0.15, -0.1) is 0 Å². The normalized spacial score (nSPS) is 10.6. The molecule has 3 rings (SSSR count). The van der Waals surface area contributed by atoms with E-state index in [9.17, 15) is 0 Å². The maximum absolute atomic E-state index is 4.38. The lowest BCUT2D eigenvalue weighted by molar-refractivity contribution is 0.979. The number of aromatic nitrogens is 3. The molecule has 0 saturated heterocycles. The summed E-state index contributed by atoms with van der Waals surface area (Å²) in [4.78, 5) is 12.9. The predicted octanol–water partition coefficient (Wildman–Crippen LogP) is 2.95. The first kappa shape index (κ1) is 11.6. The second-order valence-electron chi connectivity index (χ2n) is 4.38. The average Bonchev–Trinajstić information content (AvgIpc) is 2.47. The second kappa shape index (κ2) is 5.02. The number of nitrogens with zero attached hydrogens (tertiary/aromatic N) is 3. The van der Waals surface area contributed by atoms with Gasteiger partial charge in [0, 0.05) is 17.8 Å². The first-order valence-corrected chi connectivity index (χ1v) is 6.18. The lowest BCUT2D eigenvalue weighted by Crippen LogP contribution is -2.04. The highest BCUT2D eigenvalue weighted by Crippen LogP contribution is 2.20. The second-order valence-corrected chi connectivity index (χ2v) is 4.38. The van der Waals surface area contributed by atoms with Gasteiger partial charge in [0.05, 0.1) is 24.1 Å². The Kier molecular flexibility index (Phi) is 3.06. The van der Waals surface area contributed by atoms with Crippen LogP contribution in [0.2, 0.25) is 0 Å². The van der Waals surface area contributed by atoms with Crippen LogP contribution in [0, 0.1) is 6.92 Å². The third-order valence-corrected chi connectivity index (χ3v) is 2.95. The highest BCUT2D eigenvalue weighted by atomic mass is 15.0. The van der Waals surface area contributed by atoms with Gasteiger partial charge in [0.1, 0.15) is 5.82 Å². The zero-order valence-electron chi connectivity index (χ0n) is 10.7. The van der Waals surface area contributed by atoms with Gasteiger partial charge in [-0.25, -0.2) is 4.98 Å². The van der Waals surface area contributed by atoms with Gasteiger partial charge >= 0.3 is 0 Å². The van der Waals surface area contributed by atoms with Crippen molar-refractivity contribution in [2.45, 2.75) is 13.5 Å². The standard InChI is InChI=1S/C15H14N4/c1-11-8-18-13(9-17-11)10-19-15-14-5-3-2-4-12(14)6-7-16-15/h2-9H,10H2,1H3,(H,16,19). The summed E-state index contributed by atoms with van der Waals surface area (Å²) >= 11 is 0. The fourth-order valence-corrected chi connectivity index (χ4v) is 1.95. The van der Waals surface area contributed by atoms with E-state index < -0.39 is 0 Å². The van der Waals surface area contributed by atoms with E-state index in [-0.39, 0.29) is 0 Å². The Morgan fingerprint density at radius 3 is 2.74 bits per heavy atom. The molecule has 0 radical (unpaired) electrons. The molecule has 0 aliphatic heterocycles. The molecule has 0 saturated carbocycles. The summed E-state index contributed by atoms with van der Waals surface area (Å²) in [6.07, 6.45) is 5.37. The summed E-state index contributed by atoms with van der Waals surface area (Å²) in [7, 11) is 0. The van der Waals surface area contributed by atoms with Crippen molar-refractivity contribution in [1.29, 1.82) is 0 Å². The number of hydrogen-bond acceptors (Lipinski definition) is 4. The Balaban J connectivity index is 1.84. The molecule has 0 atom stereocenters. The van der Waals surface area contributed by atoms with Crippen molar-refractivity contribution in [1.82, 2.24) is 15.0 Å². The topological polar surface area (TPSA) is 50.7 Å². The van der Waals surface area contributed by atoms with Crippen LogP contribution >= 0.6 is 0 Å². The van der Waals surface area contributed by atoms with E-state index in [1.165, 1.54) is 5.39 Å². The molecular weight excluding hydrogens is 236 g/mol. The minimum atomic E-state index is 0.619. The smallest absolute Gasteiger partial charge is 0.134 e. The molecule has 1 N–H and O–H groups in total. The minimum absolute atomic E-state index is 0.619. The Bertz CT molecular complexity index is 687. The lowest BCUT2D eigenvalue weighted by atomic mass is 10.1. The zero-order valence-corrected chi connectivity index (χ0v) is 10.7. The number of benzene rings is 1. The van der Waals surface area contributed by atoms with E-state index >= 15 is 0 Å². The van der Waals surface area contributed by atoms with Crippen molar-refractivity contribution in [3.63, 3.8) is 0 Å². The van der Waals surface area contributed by atoms with Crippen molar-refractivity contribution in [3.8, 4) is 0 Å². The number of anilines is 1. The van der Waals surface area contributed by atoms with E-state index in [1.807, 2.05) is 31.3 Å². The van der Waals surface area contributed by atoms with Gasteiger partial charge in [-0.1, -0.05) is 24.3 Å². The highest BCUT2D eigenvalue weighted by molar-refractivity contribution is 5.91. The number of nitrogens with one attached hydrogen (secondary N) is 1. The summed E-state index contributed by atoms with van der Waals surface area (Å²) < 4.78 is 0. The first-order chi connectivity index (χ1) is 9.33. The van der Waals surface area contributed by atoms with Crippen LogP contribution in [0.1, 0.15) is 11.4 Å². The molecule has 4 nitrogen and oxygen atoms in total. The summed E-state index contributed by atoms with van der Waals surface area (Å²) in [5.41, 5.74) is 1.83. The number of aryl methyl sites for hydroxylation is 1. The number of hydrogen-bond donors (Lipinski definition) is 1. The third-order valence-electron chi connectivity index (χ3n) is 2.95. The molecule has 0 bridgehead atoms. The van der Waals surface area contributed by atoms with Gasteiger partial charge in [0.2, 0.25) is 0 Å². The fourth-order valence-electron chi connectivity index (χ4n) is 1.95. The summed E-state index contributed by atoms with van der Waals surface area (Å²) in [5, 5.41) is 5.60. The molecule has 19 heavy (non-hydrogen) atoms. The first-order valence-electron chi connectivity index (χ1n) is 6.18. The molecule has 4 heteroatoms. The highest BCUT2D eigenvalue weighted by Gasteiger charge is 2.02. The van der Waals surface area contributed by atoms with Crippen LogP contribution in [-0.2, 0) is 6.54 Å². The van der Waals surface area contributed by atoms with Gasteiger partial charge in [-0.05, 0) is 18.4 Å². The molecule has 0 fully saturated rings. The van der Waals surface area contributed by atoms with Gasteiger partial charge in [-0.3, -0.25) is 9.97 Å². The van der Waals surface area contributed by atoms with E-state index in [1.54, 1.807) is 12.4 Å². The van der Waals surface area contributed by atoms with Crippen molar-refractivity contribution in [3.05, 3.63) is 60.3 Å². The SMILES string of the molecule is Cc1cnc(CNc2nccc3ccccc23)cn1. The summed E-state index contributed by atoms with van der Waals surface area (Å²) in [6.45, 7) is 2.55. The lowest BCUT2D eigenvalue weighted by Gasteiger charge is -2.08. The van der Waals surface area contributed by atoms with Crippen molar-refractivity contribution in [2.24, 2.45) is 0 Å². The van der Waals surface area contributed by atoms with Gasteiger partial charge in [0.25, 0.3) is 0 Å². The van der Waals surface area contributed by atoms with Crippen LogP contribution in [0.25, 0.3) is 10.8 Å². The number of fused-ring (bicyclic) bond motifs is 1. The molecule has 0 unspecified atom stereocenters. The van der Waals surface area contributed by atoms with Crippen molar-refractivity contribution in [2.75, 3.05) is 5.32 Å². The molecule has 0 amide bonds. The van der Waals surface area contributed by atoms with Crippen LogP contribution < -0.4 is 5.32 Å². The van der Waals surface area contributed by atoms with Crippen LogP contribution in [0.4, 0.5) is 5.82 Å². The van der Waals surface area contributed by atoms with Crippen molar-refractivity contribution < 1.29 is 0 Å². The third kappa shape index (κ3) is 2.52. The maximum Gasteiger partial charge on any atom is 0.134 e. The molecule has 0 aliphatic rings. The minimum Gasteiger partial charge on any atom is -0.364 e. The van der Waals surface area contributed by atoms with E-state index in [0.29, 0.717) is 6.54 Å². The van der Waals surface area contributed by atoms with Crippen LogP contribution in [0.5, 0.6) is 0 Å². The molecule has 2 aromatic heterocycles. The molecule has 0 aliphatic carbocycles. The largest absolute Gasteiger partial charge is 0.364 e. The monoisotopic (exact) mass is 250 g/mol. The Morgan fingerprint density at radius 2 is 1.89 bits per heavy atom. The molecule has 94 valence electrons. The quantitative estimate of drug-likeness (QED) is 0.776. The van der Waals surface area contributed by atoms with E-state index in [4.69, 9.17) is 0 Å². The average molecular weight is 250 g/mol. The Labute approximate surface area is 111 Å². The fraction of sp³-hybridized carbons (Fsp3) is 0.133. The maximum atomic E-state index is 4.38. The van der Waals surface area contributed by atoms with Crippen molar-refractivity contribution >= 4 is 16.6 Å². The zero-order chi connectivity index (χ0) is 13.1. The van der Waals surface area contributed by atoms with Gasteiger partial charge in [-0.2, -0.15) is 0 Å². The molecule has 3 aromatic rings. The van der Waals surface area contributed by atoms with Crippen LogP contribution in [0.15, 0.2) is 48.9 Å². The van der Waals surface area contributed by atoms with Gasteiger partial charge < -0.3 is 5.32 Å². The molecule has 0 spiro atoms. The van der Waals surface area contributed by atoms with Crippen LogP contribution in [0.3, 0.4) is 0 Å².